The van der Waals surface area contributed by atoms with E-state index in [1.54, 1.807) is 12.3 Å². The summed E-state index contributed by atoms with van der Waals surface area (Å²) in [5, 5.41) is 11.8. The Balaban J connectivity index is 0.00000261. The molecule has 1 atom stereocenters. The van der Waals surface area contributed by atoms with Crippen LogP contribution in [-0.4, -0.2) is 46.0 Å². The Labute approximate surface area is 163 Å². The number of benzene rings is 1. The van der Waals surface area contributed by atoms with E-state index >= 15 is 0 Å². The molecule has 2 aromatic rings. The molecule has 27 heavy (non-hydrogen) atoms. The molecule has 0 saturated carbocycles. The number of anilines is 1. The van der Waals surface area contributed by atoms with E-state index in [2.05, 4.69) is 10.3 Å². The highest BCUT2D eigenvalue weighted by Gasteiger charge is 2.26. The minimum atomic E-state index is -0.596. The number of carbonyl (C=O) groups excluding carboxylic acids is 2. The first kappa shape index (κ1) is 20.4. The average molecular weight is 389 g/mol. The number of halogens is 1. The number of hydrogen-bond donors (Lipinski definition) is 3. The monoisotopic (exact) mass is 388 g/mol. The predicted molar refractivity (Wildman–Crippen MR) is 105 cm³/mol. The molecule has 1 aromatic carbocycles. The molecule has 1 aliphatic heterocycles. The summed E-state index contributed by atoms with van der Waals surface area (Å²) in [7, 11) is 0. The van der Waals surface area contributed by atoms with Crippen molar-refractivity contribution in [2.75, 3.05) is 18.4 Å². The molecule has 0 bridgehead atoms. The fourth-order valence-electron chi connectivity index (χ4n) is 2.83. The van der Waals surface area contributed by atoms with Gasteiger partial charge in [-0.05, 0) is 42.3 Å². The normalized spacial score (nSPS) is 16.0. The van der Waals surface area contributed by atoms with Gasteiger partial charge in [-0.15, -0.1) is 12.4 Å². The Kier molecular flexibility index (Phi) is 7.34. The second kappa shape index (κ2) is 9.70. The smallest absolute Gasteiger partial charge is 0.267 e. The summed E-state index contributed by atoms with van der Waals surface area (Å²) < 4.78 is 0. The molecule has 142 valence electrons. The number of carbonyl (C=O) groups is 2. The summed E-state index contributed by atoms with van der Waals surface area (Å²) in [5.74, 6) is 0.166. The molecule has 3 rings (SSSR count). The topological polar surface area (TPSA) is 94.6 Å². The molecule has 2 heterocycles. The van der Waals surface area contributed by atoms with Crippen LogP contribution in [0.2, 0.25) is 0 Å². The Hall–Kier alpha value is -2.90. The molecule has 8 heteroatoms. The first-order valence-corrected chi connectivity index (χ1v) is 8.35. The van der Waals surface area contributed by atoms with Crippen molar-refractivity contribution >= 4 is 36.1 Å². The zero-order chi connectivity index (χ0) is 18.4. The number of likely N-dealkylation sites (tertiary alicyclic amines) is 1. The van der Waals surface area contributed by atoms with E-state index in [4.69, 9.17) is 5.21 Å². The minimum absolute atomic E-state index is 0. The number of amides is 2. The van der Waals surface area contributed by atoms with Crippen LogP contribution in [0.15, 0.2) is 54.7 Å². The molecule has 0 spiro atoms. The van der Waals surface area contributed by atoms with Crippen LogP contribution < -0.4 is 10.8 Å². The summed E-state index contributed by atoms with van der Waals surface area (Å²) in [5.41, 5.74) is 2.97. The Morgan fingerprint density at radius 1 is 1.19 bits per heavy atom. The Morgan fingerprint density at radius 2 is 1.96 bits per heavy atom. The van der Waals surface area contributed by atoms with Crippen LogP contribution >= 0.6 is 12.4 Å². The van der Waals surface area contributed by atoms with E-state index < -0.39 is 5.91 Å². The molecular formula is C19H21ClN4O3. The van der Waals surface area contributed by atoms with Crippen LogP contribution in [0.5, 0.6) is 0 Å². The van der Waals surface area contributed by atoms with Crippen molar-refractivity contribution in [1.29, 1.82) is 0 Å². The van der Waals surface area contributed by atoms with Crippen LogP contribution in [0.4, 0.5) is 5.82 Å². The minimum Gasteiger partial charge on any atom is -0.365 e. The first-order valence-electron chi connectivity index (χ1n) is 8.35. The van der Waals surface area contributed by atoms with Gasteiger partial charge in [0.25, 0.3) is 11.8 Å². The maximum absolute atomic E-state index is 12.5. The second-order valence-electron chi connectivity index (χ2n) is 6.03. The van der Waals surface area contributed by atoms with Crippen LogP contribution in [0.3, 0.4) is 0 Å². The van der Waals surface area contributed by atoms with Crippen molar-refractivity contribution in [3.63, 3.8) is 0 Å². The molecule has 0 unspecified atom stereocenters. The van der Waals surface area contributed by atoms with Gasteiger partial charge in [-0.3, -0.25) is 14.8 Å². The SMILES string of the molecule is Cl.O=C(C=Cc1ccc(N[C@@H]2CCN(C(=O)c3ccccc3)C2)nc1)NO. The average Bonchev–Trinajstić information content (AvgIpc) is 3.15. The Morgan fingerprint density at radius 3 is 2.63 bits per heavy atom. The van der Waals surface area contributed by atoms with Crippen LogP contribution in [0.1, 0.15) is 22.3 Å². The van der Waals surface area contributed by atoms with Gasteiger partial charge in [-0.25, -0.2) is 10.5 Å². The molecule has 3 N–H and O–H groups in total. The number of nitrogens with zero attached hydrogens (tertiary/aromatic N) is 2. The summed E-state index contributed by atoms with van der Waals surface area (Å²) in [4.78, 5) is 29.6. The lowest BCUT2D eigenvalue weighted by molar-refractivity contribution is -0.124. The van der Waals surface area contributed by atoms with Crippen molar-refractivity contribution in [1.82, 2.24) is 15.4 Å². The molecule has 0 aliphatic carbocycles. The van der Waals surface area contributed by atoms with Gasteiger partial charge in [0.1, 0.15) is 5.82 Å². The molecule has 7 nitrogen and oxygen atoms in total. The zero-order valence-corrected chi connectivity index (χ0v) is 15.4. The van der Waals surface area contributed by atoms with Gasteiger partial charge in [0.2, 0.25) is 0 Å². The lowest BCUT2D eigenvalue weighted by atomic mass is 10.2. The lowest BCUT2D eigenvalue weighted by Crippen LogP contribution is -2.31. The van der Waals surface area contributed by atoms with Gasteiger partial charge in [0.05, 0.1) is 0 Å². The van der Waals surface area contributed by atoms with E-state index in [9.17, 15) is 9.59 Å². The molecule has 2 amide bonds. The highest BCUT2D eigenvalue weighted by Crippen LogP contribution is 2.17. The number of nitrogens with one attached hydrogen (secondary N) is 2. The zero-order valence-electron chi connectivity index (χ0n) is 14.5. The van der Waals surface area contributed by atoms with Crippen LogP contribution in [0, 0.1) is 0 Å². The third-order valence-corrected chi connectivity index (χ3v) is 4.17. The van der Waals surface area contributed by atoms with E-state index in [-0.39, 0.29) is 24.4 Å². The van der Waals surface area contributed by atoms with E-state index in [0.29, 0.717) is 24.5 Å². The number of hydrogen-bond acceptors (Lipinski definition) is 5. The summed E-state index contributed by atoms with van der Waals surface area (Å²) >= 11 is 0. The second-order valence-corrected chi connectivity index (χ2v) is 6.03. The number of pyridine rings is 1. The van der Waals surface area contributed by atoms with Gasteiger partial charge in [0, 0.05) is 37.0 Å². The number of hydroxylamine groups is 1. The van der Waals surface area contributed by atoms with Gasteiger partial charge in [-0.1, -0.05) is 18.2 Å². The molecule has 0 radical (unpaired) electrons. The summed E-state index contributed by atoms with van der Waals surface area (Å²) in [6.07, 6.45) is 5.26. The quantitative estimate of drug-likeness (QED) is 0.415. The first-order chi connectivity index (χ1) is 12.7. The predicted octanol–water partition coefficient (Wildman–Crippen LogP) is 2.35. The van der Waals surface area contributed by atoms with Crippen molar-refractivity contribution in [3.05, 3.63) is 65.9 Å². The van der Waals surface area contributed by atoms with E-state index in [0.717, 1.165) is 12.0 Å². The van der Waals surface area contributed by atoms with Crippen molar-refractivity contribution in [2.45, 2.75) is 12.5 Å². The van der Waals surface area contributed by atoms with Crippen molar-refractivity contribution in [3.8, 4) is 0 Å². The lowest BCUT2D eigenvalue weighted by Gasteiger charge is -2.17. The van der Waals surface area contributed by atoms with Gasteiger partial charge >= 0.3 is 0 Å². The highest BCUT2D eigenvalue weighted by atomic mass is 35.5. The number of rotatable bonds is 5. The van der Waals surface area contributed by atoms with Crippen molar-refractivity contribution < 1.29 is 14.8 Å². The fourth-order valence-corrected chi connectivity index (χ4v) is 2.83. The summed E-state index contributed by atoms with van der Waals surface area (Å²) in [6, 6.07) is 13.1. The molecular weight excluding hydrogens is 368 g/mol. The Bertz CT molecular complexity index is 796. The third kappa shape index (κ3) is 5.54. The molecule has 1 fully saturated rings. The van der Waals surface area contributed by atoms with Gasteiger partial charge in [-0.2, -0.15) is 0 Å². The highest BCUT2D eigenvalue weighted by molar-refractivity contribution is 5.94. The maximum atomic E-state index is 12.5. The van der Waals surface area contributed by atoms with Gasteiger partial charge < -0.3 is 10.2 Å². The molecule has 1 aliphatic rings. The molecule has 1 saturated heterocycles. The maximum Gasteiger partial charge on any atom is 0.267 e. The molecule has 1 aromatic heterocycles. The van der Waals surface area contributed by atoms with Gasteiger partial charge in [0.15, 0.2) is 0 Å². The van der Waals surface area contributed by atoms with E-state index in [1.807, 2.05) is 47.4 Å². The number of aromatic nitrogens is 1. The third-order valence-electron chi connectivity index (χ3n) is 4.17. The largest absolute Gasteiger partial charge is 0.365 e. The van der Waals surface area contributed by atoms with Crippen molar-refractivity contribution in [2.24, 2.45) is 0 Å². The van der Waals surface area contributed by atoms with E-state index in [1.165, 1.54) is 11.6 Å². The van der Waals surface area contributed by atoms with Crippen LogP contribution in [0.25, 0.3) is 6.08 Å². The summed E-state index contributed by atoms with van der Waals surface area (Å²) in [6.45, 7) is 1.34. The fraction of sp³-hybridized carbons (Fsp3) is 0.211. The van der Waals surface area contributed by atoms with Crippen LogP contribution in [-0.2, 0) is 4.79 Å². The standard InChI is InChI=1S/C19H20N4O3.ClH/c24-18(22-26)9-7-14-6-8-17(20-12-14)21-16-10-11-23(13-16)19(25)15-4-2-1-3-5-15;/h1-9,12,16,26H,10-11,13H2,(H,20,21)(H,22,24);1H/t16-;/m1./s1.